The molecule has 1 aromatic heterocycles. The van der Waals surface area contributed by atoms with E-state index in [0.717, 1.165) is 6.07 Å². The van der Waals surface area contributed by atoms with Crippen molar-refractivity contribution in [3.8, 4) is 0 Å². The topological polar surface area (TPSA) is 62.3 Å². The highest BCUT2D eigenvalue weighted by Crippen LogP contribution is 2.06. The number of carbonyl (C=O) groups excluding carboxylic acids is 2. The van der Waals surface area contributed by atoms with Gasteiger partial charge in [-0.25, -0.2) is 4.98 Å². The summed E-state index contributed by atoms with van der Waals surface area (Å²) in [7, 11) is 0. The van der Waals surface area contributed by atoms with Crippen LogP contribution in [0.1, 0.15) is 38.1 Å². The summed E-state index contributed by atoms with van der Waals surface area (Å²) in [5.74, 6) is -1.36. The number of nitrogens with one attached hydrogen (secondary N) is 1. The van der Waals surface area contributed by atoms with Crippen LogP contribution in [-0.4, -0.2) is 40.3 Å². The molecular formula is C14H20FN3O2. The minimum atomic E-state index is -0.717. The maximum Gasteiger partial charge on any atom is 0.254 e. The van der Waals surface area contributed by atoms with Crippen LogP contribution in [0, 0.1) is 5.95 Å². The summed E-state index contributed by atoms with van der Waals surface area (Å²) in [6.07, 6.45) is 1.23. The summed E-state index contributed by atoms with van der Waals surface area (Å²) in [4.78, 5) is 28.8. The van der Waals surface area contributed by atoms with Crippen LogP contribution in [0.2, 0.25) is 0 Å². The first kappa shape index (κ1) is 16.1. The van der Waals surface area contributed by atoms with Crippen molar-refractivity contribution in [2.45, 2.75) is 33.2 Å². The molecule has 110 valence electrons. The molecule has 0 saturated heterocycles. The van der Waals surface area contributed by atoms with Gasteiger partial charge in [0.15, 0.2) is 0 Å². The Kier molecular flexibility index (Phi) is 5.19. The predicted octanol–water partition coefficient (Wildman–Crippen LogP) is 1.60. The number of carbonyl (C=O) groups is 2. The first-order valence-electron chi connectivity index (χ1n) is 6.45. The van der Waals surface area contributed by atoms with Crippen LogP contribution in [0.5, 0.6) is 0 Å². The second-order valence-corrected chi connectivity index (χ2v) is 5.48. The van der Waals surface area contributed by atoms with Gasteiger partial charge in [-0.2, -0.15) is 4.39 Å². The fraction of sp³-hybridized carbons (Fsp3) is 0.500. The zero-order valence-corrected chi connectivity index (χ0v) is 12.2. The van der Waals surface area contributed by atoms with Gasteiger partial charge >= 0.3 is 0 Å². The highest BCUT2D eigenvalue weighted by molar-refractivity contribution is 5.96. The van der Waals surface area contributed by atoms with Crippen molar-refractivity contribution < 1.29 is 14.0 Å². The summed E-state index contributed by atoms with van der Waals surface area (Å²) < 4.78 is 13.0. The van der Waals surface area contributed by atoms with Gasteiger partial charge in [0, 0.05) is 29.9 Å². The fourth-order valence-electron chi connectivity index (χ4n) is 1.68. The Labute approximate surface area is 118 Å². The molecule has 0 atom stereocenters. The first-order valence-corrected chi connectivity index (χ1v) is 6.45. The Bertz CT molecular complexity index is 497. The van der Waals surface area contributed by atoms with Crippen molar-refractivity contribution in [1.82, 2.24) is 15.2 Å². The minimum absolute atomic E-state index is 0.0590. The van der Waals surface area contributed by atoms with Gasteiger partial charge in [-0.3, -0.25) is 9.59 Å². The molecule has 0 aliphatic heterocycles. The maximum atomic E-state index is 13.0. The molecule has 2 amide bonds. The van der Waals surface area contributed by atoms with Gasteiger partial charge in [-0.15, -0.1) is 0 Å². The molecule has 6 heteroatoms. The van der Waals surface area contributed by atoms with E-state index in [-0.39, 0.29) is 23.6 Å². The molecule has 5 nitrogen and oxygen atoms in total. The third-order valence-electron chi connectivity index (χ3n) is 2.49. The molecule has 0 aromatic carbocycles. The largest absolute Gasteiger partial charge is 0.350 e. The van der Waals surface area contributed by atoms with Crippen LogP contribution in [0.15, 0.2) is 18.3 Å². The number of nitrogens with zero attached hydrogens (tertiary/aromatic N) is 2. The smallest absolute Gasteiger partial charge is 0.254 e. The van der Waals surface area contributed by atoms with Crippen molar-refractivity contribution in [2.75, 3.05) is 13.1 Å². The lowest BCUT2D eigenvalue weighted by Crippen LogP contribution is -2.47. The normalized spacial score (nSPS) is 11.1. The van der Waals surface area contributed by atoms with Crippen molar-refractivity contribution in [2.24, 2.45) is 0 Å². The molecule has 0 unspecified atom stereocenters. The third kappa shape index (κ3) is 4.95. The van der Waals surface area contributed by atoms with Crippen LogP contribution < -0.4 is 5.32 Å². The van der Waals surface area contributed by atoms with Crippen LogP contribution in [0.3, 0.4) is 0 Å². The molecule has 0 aliphatic carbocycles. The lowest BCUT2D eigenvalue weighted by atomic mass is 10.1. The van der Waals surface area contributed by atoms with Crippen molar-refractivity contribution in [3.63, 3.8) is 0 Å². The number of aromatic nitrogens is 1. The van der Waals surface area contributed by atoms with Gasteiger partial charge < -0.3 is 10.2 Å². The van der Waals surface area contributed by atoms with E-state index in [0.29, 0.717) is 6.54 Å². The summed E-state index contributed by atoms with van der Waals surface area (Å²) >= 11 is 0. The van der Waals surface area contributed by atoms with Gasteiger partial charge in [0.05, 0.1) is 6.54 Å². The van der Waals surface area contributed by atoms with Crippen LogP contribution >= 0.6 is 0 Å². The molecule has 1 N–H and O–H groups in total. The summed E-state index contributed by atoms with van der Waals surface area (Å²) in [5.41, 5.74) is -0.176. The number of hydrogen-bond acceptors (Lipinski definition) is 3. The van der Waals surface area contributed by atoms with E-state index >= 15 is 0 Å². The molecule has 0 bridgehead atoms. The van der Waals surface area contributed by atoms with Crippen LogP contribution in [0.25, 0.3) is 0 Å². The molecule has 0 fully saturated rings. The molecule has 1 rings (SSSR count). The van der Waals surface area contributed by atoms with E-state index in [1.54, 1.807) is 6.92 Å². The van der Waals surface area contributed by atoms with E-state index in [9.17, 15) is 14.0 Å². The minimum Gasteiger partial charge on any atom is -0.350 e. The predicted molar refractivity (Wildman–Crippen MR) is 73.7 cm³/mol. The Morgan fingerprint density at radius 1 is 1.40 bits per heavy atom. The fourth-order valence-corrected chi connectivity index (χ4v) is 1.68. The van der Waals surface area contributed by atoms with Gasteiger partial charge in [0.25, 0.3) is 5.91 Å². The summed E-state index contributed by atoms with van der Waals surface area (Å²) in [6, 6.07) is 2.49. The van der Waals surface area contributed by atoms with Gasteiger partial charge in [0.2, 0.25) is 11.9 Å². The molecule has 20 heavy (non-hydrogen) atoms. The van der Waals surface area contributed by atoms with E-state index in [1.165, 1.54) is 17.2 Å². The van der Waals surface area contributed by atoms with Gasteiger partial charge in [0.1, 0.15) is 0 Å². The Morgan fingerprint density at radius 3 is 2.55 bits per heavy atom. The van der Waals surface area contributed by atoms with Crippen molar-refractivity contribution in [1.29, 1.82) is 0 Å². The van der Waals surface area contributed by atoms with Gasteiger partial charge in [-0.1, -0.05) is 0 Å². The number of pyridine rings is 1. The van der Waals surface area contributed by atoms with Gasteiger partial charge in [-0.05, 0) is 33.8 Å². The Morgan fingerprint density at radius 2 is 2.05 bits per heavy atom. The highest BCUT2D eigenvalue weighted by Gasteiger charge is 2.20. The maximum absolute atomic E-state index is 13.0. The number of amides is 2. The third-order valence-corrected chi connectivity index (χ3v) is 2.49. The van der Waals surface area contributed by atoms with Crippen LogP contribution in [-0.2, 0) is 4.79 Å². The van der Waals surface area contributed by atoms with E-state index in [2.05, 4.69) is 10.3 Å². The van der Waals surface area contributed by atoms with Crippen LogP contribution in [0.4, 0.5) is 4.39 Å². The molecule has 0 aliphatic rings. The quantitative estimate of drug-likeness (QED) is 0.853. The van der Waals surface area contributed by atoms with E-state index in [1.807, 2.05) is 20.8 Å². The van der Waals surface area contributed by atoms with Crippen molar-refractivity contribution in [3.05, 3.63) is 29.8 Å². The standard InChI is InChI=1S/C14H20FN3O2/c1-5-18(9-12(19)17-14(2,3)4)13(20)10-6-7-16-11(15)8-10/h6-8H,5,9H2,1-4H3,(H,17,19). The van der Waals surface area contributed by atoms with E-state index < -0.39 is 11.9 Å². The van der Waals surface area contributed by atoms with Crippen molar-refractivity contribution >= 4 is 11.8 Å². The molecule has 1 heterocycles. The lowest BCUT2D eigenvalue weighted by Gasteiger charge is -2.25. The summed E-state index contributed by atoms with van der Waals surface area (Å²) in [5, 5.41) is 2.78. The molecule has 0 radical (unpaired) electrons. The van der Waals surface area contributed by atoms with E-state index in [4.69, 9.17) is 0 Å². The first-order chi connectivity index (χ1) is 9.23. The monoisotopic (exact) mass is 281 g/mol. The average Bonchev–Trinajstić information content (AvgIpc) is 2.33. The Balaban J connectivity index is 2.76. The zero-order chi connectivity index (χ0) is 15.3. The second-order valence-electron chi connectivity index (χ2n) is 5.48. The highest BCUT2D eigenvalue weighted by atomic mass is 19.1. The zero-order valence-electron chi connectivity index (χ0n) is 12.2. The Hall–Kier alpha value is -1.98. The second kappa shape index (κ2) is 6.45. The molecule has 1 aromatic rings. The molecular weight excluding hydrogens is 261 g/mol. The molecule has 0 spiro atoms. The number of halogens is 1. The number of rotatable bonds is 4. The number of likely N-dealkylation sites (N-methyl/N-ethyl adjacent to an activating group) is 1. The number of hydrogen-bond donors (Lipinski definition) is 1. The lowest BCUT2D eigenvalue weighted by molar-refractivity contribution is -0.123. The average molecular weight is 281 g/mol. The molecule has 0 saturated carbocycles. The summed E-state index contributed by atoms with van der Waals surface area (Å²) in [6.45, 7) is 7.65. The SMILES string of the molecule is CCN(CC(=O)NC(C)(C)C)C(=O)c1ccnc(F)c1.